The number of hydrogen-bond acceptors (Lipinski definition) is 4. The first-order valence-corrected chi connectivity index (χ1v) is 8.30. The minimum absolute atomic E-state index is 0.0376. The number of likely N-dealkylation sites (N-methyl/N-ethyl adjacent to an activating group) is 1. The number of methoxy groups -OCH3 is 1. The van der Waals surface area contributed by atoms with E-state index in [2.05, 4.69) is 23.4 Å². The number of quaternary nitrogens is 1. The second-order valence-corrected chi connectivity index (χ2v) is 6.50. The molecule has 3 heterocycles. The van der Waals surface area contributed by atoms with Crippen molar-refractivity contribution in [1.82, 2.24) is 0 Å². The summed E-state index contributed by atoms with van der Waals surface area (Å²) < 4.78 is 16.9. The van der Waals surface area contributed by atoms with Crippen LogP contribution in [0.3, 0.4) is 0 Å². The van der Waals surface area contributed by atoms with Crippen molar-refractivity contribution in [3.63, 3.8) is 0 Å². The third-order valence-electron chi connectivity index (χ3n) is 4.59. The molecule has 0 aliphatic carbocycles. The van der Waals surface area contributed by atoms with E-state index in [0.717, 1.165) is 35.8 Å². The van der Waals surface area contributed by atoms with Crippen LogP contribution < -0.4 is 29.4 Å². The Morgan fingerprint density at radius 2 is 2.25 bits per heavy atom. The number of aromatic amines is 1. The molecular formula is C17H20ClN3O3+2. The summed E-state index contributed by atoms with van der Waals surface area (Å²) in [5.74, 6) is 3.11. The first-order chi connectivity index (χ1) is 11.7. The summed E-state index contributed by atoms with van der Waals surface area (Å²) in [5.41, 5.74) is 2.35. The van der Waals surface area contributed by atoms with Crippen LogP contribution in [0.15, 0.2) is 24.4 Å². The van der Waals surface area contributed by atoms with Crippen LogP contribution in [0.25, 0.3) is 0 Å². The summed E-state index contributed by atoms with van der Waals surface area (Å²) in [6.07, 6.45) is 2.77. The average molecular weight is 350 g/mol. The molecule has 24 heavy (non-hydrogen) atoms. The summed E-state index contributed by atoms with van der Waals surface area (Å²) in [7, 11) is 3.84. The number of anilines is 1. The number of ether oxygens (including phenoxy) is 3. The van der Waals surface area contributed by atoms with Crippen LogP contribution in [0, 0.1) is 0 Å². The van der Waals surface area contributed by atoms with Crippen molar-refractivity contribution in [2.24, 2.45) is 0 Å². The molecule has 0 radical (unpaired) electrons. The maximum atomic E-state index is 5.96. The van der Waals surface area contributed by atoms with Gasteiger partial charge in [-0.3, -0.25) is 4.90 Å². The van der Waals surface area contributed by atoms with Gasteiger partial charge in [-0.15, -0.1) is 0 Å². The summed E-state index contributed by atoms with van der Waals surface area (Å²) in [5, 5.41) is 4.22. The highest BCUT2D eigenvalue weighted by atomic mass is 35.5. The number of pyridine rings is 1. The van der Waals surface area contributed by atoms with Crippen LogP contribution in [0.1, 0.15) is 17.3 Å². The molecule has 0 amide bonds. The van der Waals surface area contributed by atoms with E-state index in [-0.39, 0.29) is 13.0 Å². The van der Waals surface area contributed by atoms with Gasteiger partial charge in [0.2, 0.25) is 12.5 Å². The largest absolute Gasteiger partial charge is 0.492 e. The zero-order valence-electron chi connectivity index (χ0n) is 13.6. The minimum Gasteiger partial charge on any atom is -0.492 e. The van der Waals surface area contributed by atoms with Crippen LogP contribution in [0.2, 0.25) is 5.02 Å². The number of H-pyrrole nitrogens is 1. The van der Waals surface area contributed by atoms with Gasteiger partial charge in [-0.1, -0.05) is 11.6 Å². The molecule has 126 valence electrons. The lowest BCUT2D eigenvalue weighted by Crippen LogP contribution is -3.11. The Kier molecular flexibility index (Phi) is 3.86. The maximum absolute atomic E-state index is 5.96. The first-order valence-electron chi connectivity index (χ1n) is 7.93. The monoisotopic (exact) mass is 349 g/mol. The van der Waals surface area contributed by atoms with Gasteiger partial charge in [0.25, 0.3) is 12.0 Å². The van der Waals surface area contributed by atoms with E-state index in [4.69, 9.17) is 25.8 Å². The van der Waals surface area contributed by atoms with Crippen LogP contribution in [0.4, 0.5) is 5.82 Å². The van der Waals surface area contributed by atoms with Crippen LogP contribution in [-0.4, -0.2) is 27.5 Å². The highest BCUT2D eigenvalue weighted by Gasteiger charge is 2.39. The molecule has 0 saturated heterocycles. The second-order valence-electron chi connectivity index (χ2n) is 6.06. The van der Waals surface area contributed by atoms with Gasteiger partial charge >= 0.3 is 0 Å². The fourth-order valence-electron chi connectivity index (χ4n) is 3.37. The van der Waals surface area contributed by atoms with E-state index in [1.807, 2.05) is 12.1 Å². The van der Waals surface area contributed by atoms with E-state index >= 15 is 0 Å². The number of aromatic nitrogens is 1. The van der Waals surface area contributed by atoms with E-state index in [9.17, 15) is 0 Å². The number of halogens is 1. The fraction of sp³-hybridized carbons (Fsp3) is 0.353. The molecule has 2 aliphatic rings. The Bertz CT molecular complexity index is 767. The fourth-order valence-corrected chi connectivity index (χ4v) is 3.49. The van der Waals surface area contributed by atoms with Crippen molar-refractivity contribution < 1.29 is 24.1 Å². The number of fused-ring (bicyclic) bond motifs is 2. The number of benzene rings is 1. The zero-order valence-corrected chi connectivity index (χ0v) is 14.4. The van der Waals surface area contributed by atoms with Gasteiger partial charge in [0.1, 0.15) is 11.8 Å². The van der Waals surface area contributed by atoms with Gasteiger partial charge in [0, 0.05) is 12.5 Å². The van der Waals surface area contributed by atoms with E-state index in [1.54, 1.807) is 13.3 Å². The average Bonchev–Trinajstić information content (AvgIpc) is 3.05. The van der Waals surface area contributed by atoms with Crippen molar-refractivity contribution in [2.45, 2.75) is 12.6 Å². The predicted octanol–water partition coefficient (Wildman–Crippen LogP) is 1.07. The molecule has 3 N–H and O–H groups in total. The topological polar surface area (TPSA) is 58.3 Å². The molecule has 2 aromatic rings. The highest BCUT2D eigenvalue weighted by molar-refractivity contribution is 6.30. The van der Waals surface area contributed by atoms with E-state index in [1.165, 1.54) is 10.5 Å². The zero-order chi connectivity index (χ0) is 16.7. The molecule has 1 unspecified atom stereocenters. The molecule has 1 aromatic heterocycles. The quantitative estimate of drug-likeness (QED) is 0.870. The molecule has 0 fully saturated rings. The minimum atomic E-state index is 0.0376. The van der Waals surface area contributed by atoms with Gasteiger partial charge in [-0.05, 0) is 17.7 Å². The second kappa shape index (κ2) is 6.03. The highest BCUT2D eigenvalue weighted by Crippen LogP contribution is 2.47. The van der Waals surface area contributed by atoms with Crippen LogP contribution >= 0.6 is 11.6 Å². The molecule has 7 heteroatoms. The normalized spacial score (nSPS) is 21.3. The molecule has 1 aromatic carbocycles. The molecule has 0 spiro atoms. The van der Waals surface area contributed by atoms with Crippen LogP contribution in [0.5, 0.6) is 17.2 Å². The number of hydrogen-bond donors (Lipinski definition) is 2. The Labute approximate surface area is 145 Å². The Balaban J connectivity index is 1.78. The van der Waals surface area contributed by atoms with Crippen molar-refractivity contribution in [1.29, 1.82) is 0 Å². The SMILES string of the molecule is COc1c2c(cc3c1[C@H](Nc1ccc(Cl)c[nH+]1)[NH+](C)CC3)OCO2. The van der Waals surface area contributed by atoms with Gasteiger partial charge in [-0.25, -0.2) is 10.3 Å². The van der Waals surface area contributed by atoms with Gasteiger partial charge in [0.05, 0.1) is 25.7 Å². The number of rotatable bonds is 3. The summed E-state index contributed by atoms with van der Waals surface area (Å²) in [6.45, 7) is 1.25. The molecule has 2 atom stereocenters. The van der Waals surface area contributed by atoms with Crippen molar-refractivity contribution in [3.05, 3.63) is 40.5 Å². The van der Waals surface area contributed by atoms with Gasteiger partial charge in [0.15, 0.2) is 11.5 Å². The molecule has 0 saturated carbocycles. The summed E-state index contributed by atoms with van der Waals surface area (Å²) in [6, 6.07) is 5.87. The molecule has 0 bridgehead atoms. The third-order valence-corrected chi connectivity index (χ3v) is 4.83. The van der Waals surface area contributed by atoms with E-state index < -0.39 is 0 Å². The first kappa shape index (κ1) is 15.4. The van der Waals surface area contributed by atoms with Crippen molar-refractivity contribution in [3.8, 4) is 17.2 Å². The Morgan fingerprint density at radius 3 is 3.00 bits per heavy atom. The Hall–Kier alpha value is -2.18. The maximum Gasteiger partial charge on any atom is 0.277 e. The summed E-state index contributed by atoms with van der Waals surface area (Å²) >= 11 is 5.96. The molecule has 2 aliphatic heterocycles. The lowest BCUT2D eigenvalue weighted by molar-refractivity contribution is -0.910. The Morgan fingerprint density at radius 1 is 1.38 bits per heavy atom. The number of nitrogens with one attached hydrogen (secondary N) is 3. The van der Waals surface area contributed by atoms with Gasteiger partial charge < -0.3 is 14.2 Å². The smallest absolute Gasteiger partial charge is 0.277 e. The van der Waals surface area contributed by atoms with Crippen LogP contribution in [-0.2, 0) is 6.42 Å². The van der Waals surface area contributed by atoms with Crippen molar-refractivity contribution in [2.75, 3.05) is 32.8 Å². The van der Waals surface area contributed by atoms with E-state index in [0.29, 0.717) is 10.8 Å². The molecular weight excluding hydrogens is 330 g/mol. The van der Waals surface area contributed by atoms with Gasteiger partial charge in [-0.2, -0.15) is 0 Å². The lowest BCUT2D eigenvalue weighted by Gasteiger charge is -2.30. The van der Waals surface area contributed by atoms with Crippen molar-refractivity contribution >= 4 is 17.4 Å². The molecule has 4 rings (SSSR count). The standard InChI is InChI=1S/C17H18ClN3O3/c1-21-6-5-10-7-12-15(24-9-23-12)16(22-2)14(10)17(21)20-13-4-3-11(18)8-19-13/h3-4,7-8,17H,5-6,9H2,1-2H3,(H,19,20)/p+2/t17-/m1/s1. The predicted molar refractivity (Wildman–Crippen MR) is 88.9 cm³/mol. The lowest BCUT2D eigenvalue weighted by atomic mass is 9.95. The molecule has 6 nitrogen and oxygen atoms in total. The third kappa shape index (κ3) is 2.52. The summed E-state index contributed by atoms with van der Waals surface area (Å²) in [4.78, 5) is 4.52.